The lowest BCUT2D eigenvalue weighted by Crippen LogP contribution is -2.60. The Bertz CT molecular complexity index is 2290. The number of aliphatic carboxylic acids is 1. The van der Waals surface area contributed by atoms with Crippen molar-refractivity contribution in [1.29, 1.82) is 0 Å². The largest absolute Gasteiger partial charge is 0.480 e. The summed E-state index contributed by atoms with van der Waals surface area (Å²) in [7, 11) is 0. The van der Waals surface area contributed by atoms with Gasteiger partial charge in [-0.15, -0.1) is 11.3 Å². The standard InChI is InChI=1S/C44H42ClN5O9S/c45-30-16-14-29(15-17-30)28-12-8-26(9-13-28)22-34-39(53)47-33(21-25-5-2-1-3-6-25)40(54)50-36(44(58)59)23-27-10-18-31(19-11-27)46-42(56)37(51)38(52)43(57)49-35(41(55)48-34)24-32-7-4-20-60-32/h1-20,33-38,51-52H,21-24H2,(H,46,56)(H,47,53)(H,48,55)(H,49,57)(H,50,54)(H,58,59)/t33-,34+,35-,36+,37-,38-/m1/s1. The van der Waals surface area contributed by atoms with Gasteiger partial charge in [-0.05, 0) is 63.5 Å². The molecule has 8 N–H and O–H groups in total. The molecule has 16 heteroatoms. The number of carbonyl (C=O) groups excluding carboxylic acids is 5. The van der Waals surface area contributed by atoms with E-state index in [2.05, 4.69) is 26.6 Å². The van der Waals surface area contributed by atoms with Crippen molar-refractivity contribution >= 4 is 64.1 Å². The number of amides is 5. The fraction of sp³-hybridized carbons (Fsp3) is 0.227. The van der Waals surface area contributed by atoms with Gasteiger partial charge in [0.2, 0.25) is 17.7 Å². The van der Waals surface area contributed by atoms with Gasteiger partial charge in [-0.3, -0.25) is 24.0 Å². The van der Waals surface area contributed by atoms with Gasteiger partial charge < -0.3 is 41.9 Å². The number of aliphatic hydroxyl groups is 2. The van der Waals surface area contributed by atoms with Crippen LogP contribution >= 0.6 is 22.9 Å². The van der Waals surface area contributed by atoms with Crippen molar-refractivity contribution in [3.05, 3.63) is 147 Å². The van der Waals surface area contributed by atoms with Crippen LogP contribution in [0.2, 0.25) is 5.02 Å². The van der Waals surface area contributed by atoms with Gasteiger partial charge in [0.1, 0.15) is 24.2 Å². The molecule has 0 spiro atoms. The van der Waals surface area contributed by atoms with Crippen molar-refractivity contribution < 1.29 is 44.1 Å². The fourth-order valence-electron chi connectivity index (χ4n) is 6.56. The molecule has 3 heterocycles. The molecule has 2 bridgehead atoms. The topological polar surface area (TPSA) is 223 Å². The number of hydrogen-bond acceptors (Lipinski definition) is 9. The molecule has 0 radical (unpaired) electrons. The molecule has 2 aliphatic heterocycles. The molecule has 6 atom stereocenters. The number of nitrogens with one attached hydrogen (secondary N) is 5. The number of benzene rings is 4. The molecule has 7 rings (SSSR count). The Morgan fingerprint density at radius 3 is 1.67 bits per heavy atom. The minimum Gasteiger partial charge on any atom is -0.480 e. The average Bonchev–Trinajstić information content (AvgIpc) is 3.76. The quantitative estimate of drug-likeness (QED) is 0.107. The van der Waals surface area contributed by atoms with Crippen LogP contribution in [0.15, 0.2) is 121 Å². The first kappa shape index (κ1) is 43.2. The Hall–Kier alpha value is -6.39. The minimum atomic E-state index is -2.30. The van der Waals surface area contributed by atoms with E-state index < -0.39 is 71.9 Å². The third-order valence-electron chi connectivity index (χ3n) is 9.85. The zero-order chi connectivity index (χ0) is 42.8. The van der Waals surface area contributed by atoms with Crippen LogP contribution in [-0.4, -0.2) is 87.2 Å². The number of aliphatic hydroxyl groups excluding tert-OH is 2. The zero-order valence-electron chi connectivity index (χ0n) is 31.9. The van der Waals surface area contributed by atoms with Gasteiger partial charge in [0.15, 0.2) is 12.2 Å². The summed E-state index contributed by atoms with van der Waals surface area (Å²) in [6, 6.07) is 27.0. The second kappa shape index (κ2) is 20.0. The summed E-state index contributed by atoms with van der Waals surface area (Å²) < 4.78 is 0. The molecule has 0 aliphatic carbocycles. The van der Waals surface area contributed by atoms with E-state index in [1.807, 2.05) is 24.3 Å². The van der Waals surface area contributed by atoms with Crippen LogP contribution in [0, 0.1) is 0 Å². The van der Waals surface area contributed by atoms with E-state index in [-0.39, 0.29) is 31.4 Å². The Labute approximate surface area is 354 Å². The molecule has 4 aromatic carbocycles. The maximum absolute atomic E-state index is 14.4. The molecule has 0 unspecified atom stereocenters. The van der Waals surface area contributed by atoms with Crippen LogP contribution in [0.3, 0.4) is 0 Å². The van der Waals surface area contributed by atoms with E-state index in [0.29, 0.717) is 26.6 Å². The van der Waals surface area contributed by atoms with Crippen LogP contribution in [0.4, 0.5) is 5.69 Å². The van der Waals surface area contributed by atoms with E-state index in [1.165, 1.54) is 35.6 Å². The van der Waals surface area contributed by atoms with Crippen molar-refractivity contribution in [1.82, 2.24) is 21.3 Å². The summed E-state index contributed by atoms with van der Waals surface area (Å²) in [5.41, 5.74) is 3.62. The molecule has 0 fully saturated rings. The molecule has 14 nitrogen and oxygen atoms in total. The smallest absolute Gasteiger partial charge is 0.326 e. The number of carbonyl (C=O) groups is 6. The number of hydrogen-bond donors (Lipinski definition) is 8. The van der Waals surface area contributed by atoms with Crippen LogP contribution in [-0.2, 0) is 54.5 Å². The molecular weight excluding hydrogens is 810 g/mol. The number of halogens is 1. The molecule has 5 aromatic rings. The van der Waals surface area contributed by atoms with Gasteiger partial charge in [0.25, 0.3) is 11.8 Å². The van der Waals surface area contributed by atoms with Gasteiger partial charge in [-0.25, -0.2) is 4.79 Å². The Balaban J connectivity index is 1.37. The summed E-state index contributed by atoms with van der Waals surface area (Å²) in [6.07, 6.45) is -4.95. The van der Waals surface area contributed by atoms with E-state index in [1.54, 1.807) is 72.1 Å². The highest BCUT2D eigenvalue weighted by Gasteiger charge is 2.36. The zero-order valence-corrected chi connectivity index (χ0v) is 33.5. The van der Waals surface area contributed by atoms with Gasteiger partial charge >= 0.3 is 5.97 Å². The SMILES string of the molecule is O=C(O)[C@@H]1Cc2ccc(cc2)NC(=O)[C@H](O)[C@@H](O)C(=O)N[C@H](Cc2cccs2)C(=O)N[C@@H](Cc2ccc(-c3ccc(Cl)cc3)cc2)C(=O)N[C@H](Cc2ccccc2)C(=O)N1. The van der Waals surface area contributed by atoms with Gasteiger partial charge in [0, 0.05) is 41.3 Å². The first-order valence-corrected chi connectivity index (χ1v) is 20.2. The normalized spacial score (nSPS) is 22.0. The predicted octanol–water partition coefficient (Wildman–Crippen LogP) is 3.04. The molecule has 5 amide bonds. The molecular formula is C44H42ClN5O9S. The van der Waals surface area contributed by atoms with E-state index in [9.17, 15) is 44.1 Å². The predicted molar refractivity (Wildman–Crippen MR) is 225 cm³/mol. The lowest BCUT2D eigenvalue weighted by atomic mass is 9.99. The summed E-state index contributed by atoms with van der Waals surface area (Å²) in [6.45, 7) is 0. The van der Waals surface area contributed by atoms with Crippen LogP contribution in [0.25, 0.3) is 11.1 Å². The lowest BCUT2D eigenvalue weighted by molar-refractivity contribution is -0.145. The third kappa shape index (κ3) is 11.6. The maximum Gasteiger partial charge on any atom is 0.326 e. The fourth-order valence-corrected chi connectivity index (χ4v) is 7.43. The third-order valence-corrected chi connectivity index (χ3v) is 11.0. The number of thiophene rings is 1. The van der Waals surface area contributed by atoms with Crippen molar-refractivity contribution in [3.8, 4) is 11.1 Å². The molecule has 1 aromatic heterocycles. The highest BCUT2D eigenvalue weighted by Crippen LogP contribution is 2.23. The molecule has 2 aliphatic rings. The number of carboxylic acids is 1. The summed E-state index contributed by atoms with van der Waals surface area (Å²) in [5, 5.41) is 46.8. The van der Waals surface area contributed by atoms with Crippen molar-refractivity contribution in [2.75, 3.05) is 5.32 Å². The van der Waals surface area contributed by atoms with E-state index in [0.717, 1.165) is 11.1 Å². The minimum absolute atomic E-state index is 0.0348. The van der Waals surface area contributed by atoms with E-state index >= 15 is 0 Å². The average molecular weight is 852 g/mol. The van der Waals surface area contributed by atoms with Crippen LogP contribution < -0.4 is 26.6 Å². The summed E-state index contributed by atoms with van der Waals surface area (Å²) >= 11 is 7.36. The Kier molecular flexibility index (Phi) is 14.4. The molecule has 60 heavy (non-hydrogen) atoms. The molecule has 310 valence electrons. The van der Waals surface area contributed by atoms with Crippen molar-refractivity contribution in [3.63, 3.8) is 0 Å². The van der Waals surface area contributed by atoms with Crippen LogP contribution in [0.5, 0.6) is 0 Å². The van der Waals surface area contributed by atoms with E-state index in [4.69, 9.17) is 11.6 Å². The highest BCUT2D eigenvalue weighted by atomic mass is 35.5. The lowest BCUT2D eigenvalue weighted by Gasteiger charge is -2.27. The monoisotopic (exact) mass is 851 g/mol. The summed E-state index contributed by atoms with van der Waals surface area (Å²) in [5.74, 6) is -6.13. The second-order valence-corrected chi connectivity index (χ2v) is 15.7. The number of anilines is 1. The highest BCUT2D eigenvalue weighted by molar-refractivity contribution is 7.09. The van der Waals surface area contributed by atoms with Gasteiger partial charge in [-0.2, -0.15) is 0 Å². The number of rotatable bonds is 8. The maximum atomic E-state index is 14.4. The van der Waals surface area contributed by atoms with Crippen molar-refractivity contribution in [2.24, 2.45) is 0 Å². The molecule has 0 saturated heterocycles. The Morgan fingerprint density at radius 1 is 0.583 bits per heavy atom. The van der Waals surface area contributed by atoms with Crippen LogP contribution in [0.1, 0.15) is 21.6 Å². The number of carboxylic acid groups (broad SMARTS) is 1. The second-order valence-electron chi connectivity index (χ2n) is 14.2. The first-order chi connectivity index (χ1) is 28.8. The number of fused-ring (bicyclic) bond motifs is 18. The van der Waals surface area contributed by atoms with Gasteiger partial charge in [0.05, 0.1) is 0 Å². The van der Waals surface area contributed by atoms with Crippen molar-refractivity contribution in [2.45, 2.75) is 62.1 Å². The van der Waals surface area contributed by atoms with Gasteiger partial charge in [-0.1, -0.05) is 96.5 Å². The first-order valence-electron chi connectivity index (χ1n) is 18.9. The molecule has 0 saturated carbocycles. The summed E-state index contributed by atoms with van der Waals surface area (Å²) in [4.78, 5) is 82.1. The Morgan fingerprint density at radius 2 is 1.10 bits per heavy atom.